The molecular formula is C17H32N2O2. The van der Waals surface area contributed by atoms with Gasteiger partial charge < -0.3 is 15.0 Å². The molecule has 0 aromatic carbocycles. The van der Waals surface area contributed by atoms with E-state index in [4.69, 9.17) is 4.74 Å². The molecule has 2 fully saturated rings. The lowest BCUT2D eigenvalue weighted by molar-refractivity contribution is -0.140. The van der Waals surface area contributed by atoms with Crippen LogP contribution < -0.4 is 5.32 Å². The molecule has 2 aliphatic rings. The number of carbonyl (C=O) groups is 1. The molecule has 2 rings (SSSR count). The summed E-state index contributed by atoms with van der Waals surface area (Å²) >= 11 is 0. The molecule has 4 heteroatoms. The highest BCUT2D eigenvalue weighted by Gasteiger charge is 2.43. The minimum Gasteiger partial charge on any atom is -0.374 e. The number of ether oxygens (including phenoxy) is 1. The van der Waals surface area contributed by atoms with Crippen LogP contribution in [0.3, 0.4) is 0 Å². The Labute approximate surface area is 129 Å². The highest BCUT2D eigenvalue weighted by Crippen LogP contribution is 2.34. The van der Waals surface area contributed by atoms with Crippen LogP contribution in [0.15, 0.2) is 0 Å². The summed E-state index contributed by atoms with van der Waals surface area (Å²) in [4.78, 5) is 15.1. The maximum absolute atomic E-state index is 13.1. The largest absolute Gasteiger partial charge is 0.374 e. The Morgan fingerprint density at radius 1 is 1.29 bits per heavy atom. The molecule has 0 spiro atoms. The van der Waals surface area contributed by atoms with Crippen molar-refractivity contribution in [2.75, 3.05) is 19.6 Å². The number of rotatable bonds is 4. The van der Waals surface area contributed by atoms with E-state index in [0.717, 1.165) is 19.6 Å². The van der Waals surface area contributed by atoms with Gasteiger partial charge in [0.15, 0.2) is 0 Å². The Morgan fingerprint density at radius 3 is 2.48 bits per heavy atom. The summed E-state index contributed by atoms with van der Waals surface area (Å²) in [5, 5.41) is 3.45. The van der Waals surface area contributed by atoms with Gasteiger partial charge in [0.1, 0.15) is 0 Å². The van der Waals surface area contributed by atoms with Gasteiger partial charge in [-0.25, -0.2) is 0 Å². The van der Waals surface area contributed by atoms with Gasteiger partial charge in [-0.15, -0.1) is 0 Å². The van der Waals surface area contributed by atoms with E-state index in [2.05, 4.69) is 37.9 Å². The summed E-state index contributed by atoms with van der Waals surface area (Å²) in [7, 11) is 0. The maximum Gasteiger partial charge on any atom is 0.228 e. The third kappa shape index (κ3) is 3.78. The second-order valence-electron chi connectivity index (χ2n) is 7.23. The number of amides is 1. The Kier molecular flexibility index (Phi) is 5.67. The topological polar surface area (TPSA) is 41.6 Å². The van der Waals surface area contributed by atoms with Crippen molar-refractivity contribution in [1.29, 1.82) is 0 Å². The SMILES string of the molecule is CC1OC(C)C(C(=O)N(CC2CCCNC2)C(C)C)C1C. The van der Waals surface area contributed by atoms with Crippen molar-refractivity contribution in [3.05, 3.63) is 0 Å². The molecule has 1 amide bonds. The van der Waals surface area contributed by atoms with Crippen molar-refractivity contribution in [3.63, 3.8) is 0 Å². The van der Waals surface area contributed by atoms with Crippen LogP contribution in [-0.4, -0.2) is 48.7 Å². The molecule has 1 N–H and O–H groups in total. The number of piperidine rings is 1. The molecule has 4 nitrogen and oxygen atoms in total. The van der Waals surface area contributed by atoms with E-state index in [1.54, 1.807) is 0 Å². The molecular weight excluding hydrogens is 264 g/mol. The van der Waals surface area contributed by atoms with Crippen LogP contribution in [0.1, 0.15) is 47.5 Å². The summed E-state index contributed by atoms with van der Waals surface area (Å²) in [6.07, 6.45) is 2.67. The summed E-state index contributed by atoms with van der Waals surface area (Å²) in [5.74, 6) is 1.20. The van der Waals surface area contributed by atoms with Gasteiger partial charge in [0.2, 0.25) is 5.91 Å². The van der Waals surface area contributed by atoms with Crippen LogP contribution in [0.5, 0.6) is 0 Å². The Hall–Kier alpha value is -0.610. The highest BCUT2D eigenvalue weighted by atomic mass is 16.5. The number of hydrogen-bond acceptors (Lipinski definition) is 3. The lowest BCUT2D eigenvalue weighted by Crippen LogP contribution is -2.48. The zero-order chi connectivity index (χ0) is 15.6. The van der Waals surface area contributed by atoms with Gasteiger partial charge in [0, 0.05) is 12.6 Å². The van der Waals surface area contributed by atoms with Crippen molar-refractivity contribution in [2.45, 2.75) is 65.7 Å². The zero-order valence-electron chi connectivity index (χ0n) is 14.3. The lowest BCUT2D eigenvalue weighted by Gasteiger charge is -2.35. The van der Waals surface area contributed by atoms with Crippen LogP contribution in [0.2, 0.25) is 0 Å². The zero-order valence-corrected chi connectivity index (χ0v) is 14.3. The molecule has 0 bridgehead atoms. The molecule has 0 aliphatic carbocycles. The monoisotopic (exact) mass is 296 g/mol. The third-order valence-electron chi connectivity index (χ3n) is 5.29. The smallest absolute Gasteiger partial charge is 0.228 e. The first-order chi connectivity index (χ1) is 9.91. The molecule has 21 heavy (non-hydrogen) atoms. The first-order valence-electron chi connectivity index (χ1n) is 8.58. The van der Waals surface area contributed by atoms with Crippen molar-refractivity contribution >= 4 is 5.91 Å². The Balaban J connectivity index is 2.04. The fourth-order valence-corrected chi connectivity index (χ4v) is 3.80. The minimum absolute atomic E-state index is 0.0129. The first kappa shape index (κ1) is 16.8. The predicted octanol–water partition coefficient (Wildman–Crippen LogP) is 2.28. The van der Waals surface area contributed by atoms with E-state index in [-0.39, 0.29) is 24.2 Å². The second-order valence-corrected chi connectivity index (χ2v) is 7.23. The summed E-state index contributed by atoms with van der Waals surface area (Å²) in [5.41, 5.74) is 0. The molecule has 5 atom stereocenters. The molecule has 0 aromatic rings. The first-order valence-corrected chi connectivity index (χ1v) is 8.58. The number of nitrogens with one attached hydrogen (secondary N) is 1. The standard InChI is InChI=1S/C17H32N2O2/c1-11(2)19(10-15-7-6-8-18-9-15)17(20)16-12(3)13(4)21-14(16)5/h11-16,18H,6-10H2,1-5H3. The van der Waals surface area contributed by atoms with E-state index in [9.17, 15) is 4.79 Å². The fourth-order valence-electron chi connectivity index (χ4n) is 3.80. The summed E-state index contributed by atoms with van der Waals surface area (Å²) in [6.45, 7) is 13.6. The normalized spacial score (nSPS) is 37.0. The highest BCUT2D eigenvalue weighted by molar-refractivity contribution is 5.80. The number of hydrogen-bond donors (Lipinski definition) is 1. The van der Waals surface area contributed by atoms with Gasteiger partial charge in [-0.3, -0.25) is 4.79 Å². The summed E-state index contributed by atoms with van der Waals surface area (Å²) in [6, 6.07) is 0.259. The molecule has 0 radical (unpaired) electrons. The molecule has 2 heterocycles. The fraction of sp³-hybridized carbons (Fsp3) is 0.941. The van der Waals surface area contributed by atoms with Gasteiger partial charge in [0.05, 0.1) is 18.1 Å². The van der Waals surface area contributed by atoms with Crippen molar-refractivity contribution in [3.8, 4) is 0 Å². The van der Waals surface area contributed by atoms with Gasteiger partial charge >= 0.3 is 0 Å². The van der Waals surface area contributed by atoms with Crippen molar-refractivity contribution < 1.29 is 9.53 Å². The van der Waals surface area contributed by atoms with E-state index in [0.29, 0.717) is 17.7 Å². The predicted molar refractivity (Wildman–Crippen MR) is 85.1 cm³/mol. The van der Waals surface area contributed by atoms with Crippen LogP contribution in [0.4, 0.5) is 0 Å². The van der Waals surface area contributed by atoms with Gasteiger partial charge in [0.25, 0.3) is 0 Å². The van der Waals surface area contributed by atoms with Crippen LogP contribution in [0.25, 0.3) is 0 Å². The molecule has 2 aliphatic heterocycles. The van der Waals surface area contributed by atoms with Crippen LogP contribution in [-0.2, 0) is 9.53 Å². The Bertz CT molecular complexity index is 353. The van der Waals surface area contributed by atoms with E-state index in [1.165, 1.54) is 12.8 Å². The van der Waals surface area contributed by atoms with Gasteiger partial charge in [-0.2, -0.15) is 0 Å². The molecule has 5 unspecified atom stereocenters. The number of carbonyl (C=O) groups excluding carboxylic acids is 1. The molecule has 122 valence electrons. The summed E-state index contributed by atoms with van der Waals surface area (Å²) < 4.78 is 5.87. The number of nitrogens with zero attached hydrogens (tertiary/aromatic N) is 1. The molecule has 2 saturated heterocycles. The maximum atomic E-state index is 13.1. The average molecular weight is 296 g/mol. The van der Waals surface area contributed by atoms with Gasteiger partial charge in [-0.1, -0.05) is 6.92 Å². The van der Waals surface area contributed by atoms with Crippen molar-refractivity contribution in [2.24, 2.45) is 17.8 Å². The van der Waals surface area contributed by atoms with Gasteiger partial charge in [-0.05, 0) is 65.5 Å². The lowest BCUT2D eigenvalue weighted by atomic mass is 9.87. The van der Waals surface area contributed by atoms with Crippen LogP contribution >= 0.6 is 0 Å². The Morgan fingerprint density at radius 2 is 2.00 bits per heavy atom. The van der Waals surface area contributed by atoms with E-state index < -0.39 is 0 Å². The molecule has 0 aromatic heterocycles. The minimum atomic E-state index is 0.0129. The van der Waals surface area contributed by atoms with Crippen LogP contribution in [0, 0.1) is 17.8 Å². The quantitative estimate of drug-likeness (QED) is 0.865. The van der Waals surface area contributed by atoms with E-state index in [1.807, 2.05) is 6.92 Å². The average Bonchev–Trinajstić information content (AvgIpc) is 2.70. The second kappa shape index (κ2) is 7.10. The van der Waals surface area contributed by atoms with E-state index >= 15 is 0 Å². The molecule has 0 saturated carbocycles. The van der Waals surface area contributed by atoms with Crippen molar-refractivity contribution in [1.82, 2.24) is 10.2 Å². The third-order valence-corrected chi connectivity index (χ3v) is 5.29.